The maximum absolute atomic E-state index is 15.7. The van der Waals surface area contributed by atoms with Crippen LogP contribution in [0.1, 0.15) is 59.5 Å². The van der Waals surface area contributed by atoms with Crippen LogP contribution in [0.5, 0.6) is 5.75 Å². The number of halogens is 3. The first-order valence-electron chi connectivity index (χ1n) is 13.1. The maximum Gasteiger partial charge on any atom is 0.312 e. The number of hydrogen-bond donors (Lipinski definition) is 2. The van der Waals surface area contributed by atoms with Crippen LogP contribution in [0.15, 0.2) is 23.0 Å². The molecular formula is C27H30F3N5O5. The van der Waals surface area contributed by atoms with Crippen molar-refractivity contribution in [1.29, 1.82) is 0 Å². The number of rotatable bonds is 4. The first kappa shape index (κ1) is 27.7. The Kier molecular flexibility index (Phi) is 6.87. The number of amides is 3. The molecule has 1 aromatic carbocycles. The van der Waals surface area contributed by atoms with Crippen molar-refractivity contribution in [2.24, 2.45) is 0 Å². The summed E-state index contributed by atoms with van der Waals surface area (Å²) < 4.78 is 44.0. The van der Waals surface area contributed by atoms with Crippen LogP contribution >= 0.6 is 0 Å². The summed E-state index contributed by atoms with van der Waals surface area (Å²) in [6.45, 7) is 0.942. The number of nitrogens with one attached hydrogen (secondary N) is 1. The second kappa shape index (κ2) is 9.93. The first-order chi connectivity index (χ1) is 18.8. The highest BCUT2D eigenvalue weighted by Gasteiger charge is 2.55. The first-order valence-corrected chi connectivity index (χ1v) is 13.1. The molecule has 1 aromatic heterocycles. The van der Waals surface area contributed by atoms with Crippen molar-refractivity contribution in [3.63, 3.8) is 0 Å². The summed E-state index contributed by atoms with van der Waals surface area (Å²) in [6.07, 6.45) is -1.19. The molecule has 1 aliphatic carbocycles. The Labute approximate surface area is 227 Å². The number of carbonyl (C=O) groups is 3. The number of aryl methyl sites for hydroxylation is 1. The zero-order valence-corrected chi connectivity index (χ0v) is 22.2. The highest BCUT2D eigenvalue weighted by Crippen LogP contribution is 2.49. The fourth-order valence-corrected chi connectivity index (χ4v) is 5.92. The topological polar surface area (TPSA) is 125 Å². The summed E-state index contributed by atoms with van der Waals surface area (Å²) in [7, 11) is 1.35. The lowest BCUT2D eigenvalue weighted by Crippen LogP contribution is -2.55. The van der Waals surface area contributed by atoms with Gasteiger partial charge in [-0.15, -0.1) is 0 Å². The van der Waals surface area contributed by atoms with E-state index in [4.69, 9.17) is 0 Å². The van der Waals surface area contributed by atoms with Gasteiger partial charge in [-0.25, -0.2) is 18.2 Å². The number of fused-ring (bicyclic) bond motifs is 2. The van der Waals surface area contributed by atoms with Crippen molar-refractivity contribution < 1.29 is 32.7 Å². The second-order valence-corrected chi connectivity index (χ2v) is 11.0. The van der Waals surface area contributed by atoms with Crippen molar-refractivity contribution in [1.82, 2.24) is 24.7 Å². The molecule has 2 fully saturated rings. The Balaban J connectivity index is 1.51. The highest BCUT2D eigenvalue weighted by atomic mass is 19.1. The quantitative estimate of drug-likeness (QED) is 0.549. The predicted octanol–water partition coefficient (Wildman–Crippen LogP) is 1.85. The van der Waals surface area contributed by atoms with Gasteiger partial charge in [0.25, 0.3) is 11.5 Å². The highest BCUT2D eigenvalue weighted by molar-refractivity contribution is 6.35. The van der Waals surface area contributed by atoms with E-state index in [1.54, 1.807) is 6.92 Å². The summed E-state index contributed by atoms with van der Waals surface area (Å²) in [4.78, 5) is 59.2. The average Bonchev–Trinajstić information content (AvgIpc) is 3.27. The van der Waals surface area contributed by atoms with E-state index >= 15 is 4.39 Å². The fraction of sp³-hybridized carbons (Fsp3) is 0.519. The molecule has 13 heteroatoms. The van der Waals surface area contributed by atoms with Crippen LogP contribution in [0.3, 0.4) is 0 Å². The van der Waals surface area contributed by atoms with Crippen LogP contribution in [-0.4, -0.2) is 74.2 Å². The number of aromatic hydroxyl groups is 1. The molecule has 2 bridgehead atoms. The van der Waals surface area contributed by atoms with E-state index in [1.165, 1.54) is 25.2 Å². The zero-order valence-electron chi connectivity index (χ0n) is 22.2. The van der Waals surface area contributed by atoms with E-state index in [9.17, 15) is 33.1 Å². The standard InChI is InChI=1S/C27H30F3N5O5/c1-15-11-16(3-4-18(15)29)12-31-21(37)19-20(36)22(38)35-14-26(30)6-8-27(9-7-26,25(35)32-19)33(2)23(39)24(40)34-10-5-17(28)13-34/h3-4,11,17,36H,5-10,12-14H2,1-2H3,(H,31,37). The van der Waals surface area contributed by atoms with Crippen molar-refractivity contribution in [3.8, 4) is 5.75 Å². The Morgan fingerprint density at radius 1 is 1.23 bits per heavy atom. The van der Waals surface area contributed by atoms with Gasteiger partial charge in [0.2, 0.25) is 5.75 Å². The molecule has 0 spiro atoms. The summed E-state index contributed by atoms with van der Waals surface area (Å²) in [5, 5.41) is 13.2. The predicted molar refractivity (Wildman–Crippen MR) is 135 cm³/mol. The molecule has 2 aromatic rings. The maximum atomic E-state index is 15.7. The Hall–Kier alpha value is -3.90. The number of aromatic nitrogens is 2. The smallest absolute Gasteiger partial charge is 0.312 e. The third kappa shape index (κ3) is 4.60. The Morgan fingerprint density at radius 3 is 2.55 bits per heavy atom. The molecular weight excluding hydrogens is 531 g/mol. The number of carbonyl (C=O) groups excluding carboxylic acids is 3. The molecule has 1 saturated heterocycles. The van der Waals surface area contributed by atoms with E-state index in [0.29, 0.717) is 11.1 Å². The van der Waals surface area contributed by atoms with Gasteiger partial charge in [-0.05, 0) is 56.2 Å². The number of hydrogen-bond acceptors (Lipinski definition) is 6. The molecule has 0 radical (unpaired) electrons. The van der Waals surface area contributed by atoms with Gasteiger partial charge >= 0.3 is 11.8 Å². The van der Waals surface area contributed by atoms with E-state index in [1.807, 2.05) is 0 Å². The van der Waals surface area contributed by atoms with E-state index in [-0.39, 0.29) is 57.6 Å². The van der Waals surface area contributed by atoms with E-state index in [0.717, 1.165) is 14.4 Å². The molecule has 3 amide bonds. The van der Waals surface area contributed by atoms with Crippen LogP contribution in [0.2, 0.25) is 0 Å². The molecule has 3 aliphatic heterocycles. The third-order valence-electron chi connectivity index (χ3n) is 8.41. The van der Waals surface area contributed by atoms with Gasteiger partial charge in [-0.3, -0.25) is 23.7 Å². The van der Waals surface area contributed by atoms with E-state index < -0.39 is 64.5 Å². The third-order valence-corrected chi connectivity index (χ3v) is 8.41. The van der Waals surface area contributed by atoms with Gasteiger partial charge in [0.05, 0.1) is 13.1 Å². The lowest BCUT2D eigenvalue weighted by Gasteiger charge is -2.44. The Bertz CT molecular complexity index is 1450. The van der Waals surface area contributed by atoms with Crippen molar-refractivity contribution in [2.75, 3.05) is 20.1 Å². The van der Waals surface area contributed by atoms with Crippen LogP contribution in [0.4, 0.5) is 13.2 Å². The Morgan fingerprint density at radius 2 is 1.93 bits per heavy atom. The summed E-state index contributed by atoms with van der Waals surface area (Å²) >= 11 is 0. The molecule has 4 aliphatic rings. The van der Waals surface area contributed by atoms with Crippen molar-refractivity contribution in [3.05, 3.63) is 57.0 Å². The molecule has 6 rings (SSSR count). The van der Waals surface area contributed by atoms with Gasteiger partial charge in [-0.2, -0.15) is 0 Å². The monoisotopic (exact) mass is 561 g/mol. The van der Waals surface area contributed by atoms with Crippen LogP contribution < -0.4 is 10.9 Å². The molecule has 2 N–H and O–H groups in total. The lowest BCUT2D eigenvalue weighted by atomic mass is 9.75. The van der Waals surface area contributed by atoms with Crippen LogP contribution in [-0.2, 0) is 28.2 Å². The van der Waals surface area contributed by atoms with E-state index in [2.05, 4.69) is 10.3 Å². The molecule has 4 heterocycles. The largest absolute Gasteiger partial charge is 0.501 e. The van der Waals surface area contributed by atoms with Gasteiger partial charge in [-0.1, -0.05) is 12.1 Å². The molecule has 40 heavy (non-hydrogen) atoms. The zero-order chi connectivity index (χ0) is 29.0. The van der Waals surface area contributed by atoms with Crippen LogP contribution in [0.25, 0.3) is 0 Å². The second-order valence-electron chi connectivity index (χ2n) is 11.0. The van der Waals surface area contributed by atoms with Gasteiger partial charge in [0.15, 0.2) is 5.69 Å². The normalized spacial score (nSPS) is 25.3. The number of alkyl halides is 2. The number of likely N-dealkylation sites (N-methyl/N-ethyl adjacent to an activating group) is 1. The molecule has 1 unspecified atom stereocenters. The molecule has 214 valence electrons. The SMILES string of the molecule is Cc1cc(CNC(=O)c2nc3n(c(=O)c2O)CC2(F)CCC3(N(C)C(=O)C(=O)N3CCC(F)C3)CC2)ccc1F. The van der Waals surface area contributed by atoms with Gasteiger partial charge < -0.3 is 20.2 Å². The lowest BCUT2D eigenvalue weighted by molar-refractivity contribution is -0.156. The summed E-state index contributed by atoms with van der Waals surface area (Å²) in [5.41, 5.74) is -3.97. The van der Waals surface area contributed by atoms with Crippen molar-refractivity contribution in [2.45, 2.75) is 69.5 Å². The minimum Gasteiger partial charge on any atom is -0.501 e. The van der Waals surface area contributed by atoms with Gasteiger partial charge in [0.1, 0.15) is 29.0 Å². The summed E-state index contributed by atoms with van der Waals surface area (Å²) in [5.74, 6) is -4.28. The summed E-state index contributed by atoms with van der Waals surface area (Å²) in [6, 6.07) is 4.25. The number of nitrogens with zero attached hydrogens (tertiary/aromatic N) is 4. The number of likely N-dealkylation sites (tertiary alicyclic amines) is 1. The molecule has 10 nitrogen and oxygen atoms in total. The minimum absolute atomic E-state index is 0.0118. The van der Waals surface area contributed by atoms with Gasteiger partial charge in [0, 0.05) is 20.1 Å². The van der Waals surface area contributed by atoms with Crippen LogP contribution in [0, 0.1) is 12.7 Å². The minimum atomic E-state index is -1.82. The van der Waals surface area contributed by atoms with Crippen molar-refractivity contribution >= 4 is 17.7 Å². The molecule has 1 saturated carbocycles. The number of benzene rings is 1. The molecule has 1 atom stereocenters. The average molecular weight is 562 g/mol. The fourth-order valence-electron chi connectivity index (χ4n) is 5.92.